The Morgan fingerprint density at radius 3 is 2.44 bits per heavy atom. The molecule has 1 atom stereocenters. The van der Waals surface area contributed by atoms with E-state index in [0.717, 1.165) is 15.6 Å². The first-order chi connectivity index (χ1) is 8.56. The van der Waals surface area contributed by atoms with Crippen molar-refractivity contribution in [3.05, 3.63) is 68.5 Å². The summed E-state index contributed by atoms with van der Waals surface area (Å²) in [5.74, 6) is -0.182. The van der Waals surface area contributed by atoms with Crippen LogP contribution in [-0.2, 0) is 6.42 Å². The number of benzene rings is 2. The Kier molecular flexibility index (Phi) is 4.78. The Morgan fingerprint density at radius 1 is 1.17 bits per heavy atom. The topological polar surface area (TPSA) is 0 Å². The van der Waals surface area contributed by atoms with Gasteiger partial charge < -0.3 is 0 Å². The first kappa shape index (κ1) is 14.0. The number of hydrogen-bond donors (Lipinski definition) is 0. The molecule has 0 amide bonds. The maximum absolute atomic E-state index is 13.1. The molecular weight excluding hydrogens is 406 g/mol. The number of halogens is 3. The van der Waals surface area contributed by atoms with Gasteiger partial charge in [-0.2, -0.15) is 0 Å². The number of alkyl halides is 1. The molecule has 0 aromatic heterocycles. The highest BCUT2D eigenvalue weighted by Gasteiger charge is 2.12. The molecule has 0 radical (unpaired) electrons. The van der Waals surface area contributed by atoms with Crippen molar-refractivity contribution in [3.63, 3.8) is 0 Å². The molecule has 0 fully saturated rings. The molecular formula is C15H13BrFI. The molecule has 3 heteroatoms. The van der Waals surface area contributed by atoms with E-state index in [0.29, 0.717) is 0 Å². The van der Waals surface area contributed by atoms with Crippen LogP contribution in [0.4, 0.5) is 4.39 Å². The maximum atomic E-state index is 13.1. The Bertz CT molecular complexity index is 537. The average Bonchev–Trinajstić information content (AvgIpc) is 2.32. The monoisotopic (exact) mass is 418 g/mol. The second-order valence-corrected chi connectivity index (χ2v) is 6.59. The zero-order chi connectivity index (χ0) is 13.1. The summed E-state index contributed by atoms with van der Waals surface area (Å²) < 4.78 is 14.0. The highest BCUT2D eigenvalue weighted by molar-refractivity contribution is 14.1. The van der Waals surface area contributed by atoms with Gasteiger partial charge in [-0.1, -0.05) is 51.8 Å². The van der Waals surface area contributed by atoms with E-state index in [-0.39, 0.29) is 10.6 Å². The Hall–Kier alpha value is -0.420. The molecule has 2 rings (SSSR count). The second-order valence-electron chi connectivity index (χ2n) is 4.32. The predicted octanol–water partition coefficient (Wildman–Crippen LogP) is 5.42. The third kappa shape index (κ3) is 3.54. The molecule has 0 bridgehead atoms. The highest BCUT2D eigenvalue weighted by Crippen LogP contribution is 2.31. The lowest BCUT2D eigenvalue weighted by atomic mass is 10.0. The van der Waals surface area contributed by atoms with Gasteiger partial charge >= 0.3 is 0 Å². The summed E-state index contributed by atoms with van der Waals surface area (Å²) in [5.41, 5.74) is 3.68. The molecule has 0 nitrogen and oxygen atoms in total. The third-order valence-corrected chi connectivity index (χ3v) is 4.59. The van der Waals surface area contributed by atoms with E-state index in [1.165, 1.54) is 17.2 Å². The van der Waals surface area contributed by atoms with Gasteiger partial charge in [0.1, 0.15) is 5.82 Å². The third-order valence-electron chi connectivity index (χ3n) is 2.84. The number of rotatable bonds is 3. The van der Waals surface area contributed by atoms with Crippen molar-refractivity contribution in [1.29, 1.82) is 0 Å². The van der Waals surface area contributed by atoms with E-state index < -0.39 is 0 Å². The largest absolute Gasteiger partial charge is 0.207 e. The van der Waals surface area contributed by atoms with Crippen LogP contribution in [-0.4, -0.2) is 0 Å². The normalized spacial score (nSPS) is 12.4. The van der Waals surface area contributed by atoms with Gasteiger partial charge in [0, 0.05) is 8.40 Å². The molecule has 0 heterocycles. The lowest BCUT2D eigenvalue weighted by Crippen LogP contribution is -1.98. The van der Waals surface area contributed by atoms with Gasteiger partial charge in [0.15, 0.2) is 0 Å². The van der Waals surface area contributed by atoms with Crippen LogP contribution in [0.2, 0.25) is 0 Å². The molecule has 0 saturated carbocycles. The summed E-state index contributed by atoms with van der Waals surface area (Å²) in [6.45, 7) is 2.08. The van der Waals surface area contributed by atoms with Crippen LogP contribution in [0.1, 0.15) is 21.5 Å². The fourth-order valence-corrected chi connectivity index (χ4v) is 3.85. The quantitative estimate of drug-likeness (QED) is 0.461. The molecule has 0 N–H and O–H groups in total. The minimum atomic E-state index is -0.182. The predicted molar refractivity (Wildman–Crippen MR) is 85.7 cm³/mol. The molecule has 2 aromatic rings. The zero-order valence-corrected chi connectivity index (χ0v) is 13.7. The van der Waals surface area contributed by atoms with Crippen LogP contribution < -0.4 is 0 Å². The summed E-state index contributed by atoms with van der Waals surface area (Å²) in [6, 6.07) is 13.4. The van der Waals surface area contributed by atoms with Crippen molar-refractivity contribution in [2.45, 2.75) is 18.2 Å². The van der Waals surface area contributed by atoms with E-state index in [2.05, 4.69) is 69.7 Å². The van der Waals surface area contributed by atoms with Crippen molar-refractivity contribution in [3.8, 4) is 0 Å². The molecule has 0 aliphatic rings. The summed E-state index contributed by atoms with van der Waals surface area (Å²) in [6.07, 6.45) is 0.905. The van der Waals surface area contributed by atoms with Gasteiger partial charge in [-0.25, -0.2) is 4.39 Å². The fourth-order valence-electron chi connectivity index (χ4n) is 1.80. The number of hydrogen-bond acceptors (Lipinski definition) is 0. The smallest absolute Gasteiger partial charge is 0.124 e. The standard InChI is InChI=1S/C15H13BrFI/c1-10-2-4-11(5-3-10)8-14(16)13-7-6-12(17)9-15(13)18/h2-7,9,14H,8H2,1H3. The van der Waals surface area contributed by atoms with Crippen molar-refractivity contribution in [2.75, 3.05) is 0 Å². The average molecular weight is 419 g/mol. The van der Waals surface area contributed by atoms with Crippen molar-refractivity contribution in [1.82, 2.24) is 0 Å². The lowest BCUT2D eigenvalue weighted by molar-refractivity contribution is 0.625. The van der Waals surface area contributed by atoms with E-state index in [9.17, 15) is 4.39 Å². The molecule has 94 valence electrons. The van der Waals surface area contributed by atoms with Crippen molar-refractivity contribution in [2.24, 2.45) is 0 Å². The second kappa shape index (κ2) is 6.15. The van der Waals surface area contributed by atoms with Crippen LogP contribution in [0.15, 0.2) is 42.5 Å². The molecule has 0 spiro atoms. The van der Waals surface area contributed by atoms with E-state index in [1.807, 2.05) is 6.07 Å². The number of aryl methyl sites for hydroxylation is 1. The van der Waals surface area contributed by atoms with E-state index >= 15 is 0 Å². The van der Waals surface area contributed by atoms with Gasteiger partial charge in [-0.3, -0.25) is 0 Å². The van der Waals surface area contributed by atoms with Crippen molar-refractivity contribution < 1.29 is 4.39 Å². The van der Waals surface area contributed by atoms with Crippen LogP contribution in [0, 0.1) is 16.3 Å². The first-order valence-corrected chi connectivity index (χ1v) is 7.70. The zero-order valence-electron chi connectivity index (χ0n) is 9.96. The molecule has 0 saturated heterocycles. The van der Waals surface area contributed by atoms with Crippen LogP contribution in [0.3, 0.4) is 0 Å². The lowest BCUT2D eigenvalue weighted by Gasteiger charge is -2.12. The first-order valence-electron chi connectivity index (χ1n) is 5.71. The molecule has 0 aliphatic carbocycles. The van der Waals surface area contributed by atoms with Crippen LogP contribution in [0.5, 0.6) is 0 Å². The highest BCUT2D eigenvalue weighted by atomic mass is 127. The van der Waals surface area contributed by atoms with Gasteiger partial charge in [-0.05, 0) is 59.2 Å². The van der Waals surface area contributed by atoms with Gasteiger partial charge in [0.05, 0.1) is 0 Å². The summed E-state index contributed by atoms with van der Waals surface area (Å²) in [5, 5.41) is 0. The summed E-state index contributed by atoms with van der Waals surface area (Å²) in [4.78, 5) is 0.215. The van der Waals surface area contributed by atoms with Gasteiger partial charge in [-0.15, -0.1) is 0 Å². The van der Waals surface area contributed by atoms with Crippen molar-refractivity contribution >= 4 is 38.5 Å². The summed E-state index contributed by atoms with van der Waals surface area (Å²) >= 11 is 5.87. The molecule has 2 aromatic carbocycles. The van der Waals surface area contributed by atoms with E-state index in [1.54, 1.807) is 6.07 Å². The Morgan fingerprint density at radius 2 is 1.83 bits per heavy atom. The Balaban J connectivity index is 2.16. The minimum Gasteiger partial charge on any atom is -0.207 e. The Labute approximate surface area is 129 Å². The maximum Gasteiger partial charge on any atom is 0.124 e. The fraction of sp³-hybridized carbons (Fsp3) is 0.200. The van der Waals surface area contributed by atoms with Crippen LogP contribution in [0.25, 0.3) is 0 Å². The molecule has 18 heavy (non-hydrogen) atoms. The van der Waals surface area contributed by atoms with Crippen LogP contribution >= 0.6 is 38.5 Å². The molecule has 1 unspecified atom stereocenters. The minimum absolute atomic E-state index is 0.182. The van der Waals surface area contributed by atoms with E-state index in [4.69, 9.17) is 0 Å². The van der Waals surface area contributed by atoms with Gasteiger partial charge in [0.2, 0.25) is 0 Å². The van der Waals surface area contributed by atoms with Gasteiger partial charge in [0.25, 0.3) is 0 Å². The summed E-state index contributed by atoms with van der Waals surface area (Å²) in [7, 11) is 0. The SMILES string of the molecule is Cc1ccc(CC(Br)c2ccc(F)cc2I)cc1. The molecule has 0 aliphatic heterocycles.